The lowest BCUT2D eigenvalue weighted by Gasteiger charge is -1.92. The van der Waals surface area contributed by atoms with Crippen molar-refractivity contribution < 1.29 is 14.6 Å². The Kier molecular flexibility index (Phi) is 3.75. The van der Waals surface area contributed by atoms with Gasteiger partial charge in [-0.25, -0.2) is 4.79 Å². The van der Waals surface area contributed by atoms with Gasteiger partial charge in [0.2, 0.25) is 0 Å². The van der Waals surface area contributed by atoms with Gasteiger partial charge in [0, 0.05) is 23.7 Å². The van der Waals surface area contributed by atoms with Crippen LogP contribution in [0, 0.1) is 10.1 Å². The molecule has 0 heterocycles. The average Bonchev–Trinajstić information content (AvgIpc) is 2.18. The van der Waals surface area contributed by atoms with E-state index in [1.165, 1.54) is 30.5 Å². The first-order chi connectivity index (χ1) is 7.09. The van der Waals surface area contributed by atoms with Crippen molar-refractivity contribution in [2.45, 2.75) is 0 Å². The predicted octanol–water partition coefficient (Wildman–Crippen LogP) is 2.30. The van der Waals surface area contributed by atoms with Crippen molar-refractivity contribution in [1.29, 1.82) is 0 Å². The molecule has 0 radical (unpaired) electrons. The maximum Gasteiger partial charge on any atom is 0.429 e. The number of nitrogens with zero attached hydrogens (tertiary/aromatic N) is 2. The van der Waals surface area contributed by atoms with Crippen LogP contribution < -0.4 is 0 Å². The highest BCUT2D eigenvalue weighted by Crippen LogP contribution is 2.10. The quantitative estimate of drug-likeness (QED) is 0.261. The highest BCUT2D eigenvalue weighted by Gasteiger charge is 2.02. The molecule has 1 aromatic carbocycles. The molecule has 1 aromatic rings. The van der Waals surface area contributed by atoms with E-state index in [1.54, 1.807) is 0 Å². The van der Waals surface area contributed by atoms with E-state index in [9.17, 15) is 14.9 Å². The van der Waals surface area contributed by atoms with Crippen LogP contribution in [0.15, 0.2) is 29.4 Å². The lowest BCUT2D eigenvalue weighted by atomic mass is 10.2. The molecular formula is C8H5ClN2O4. The molecule has 0 amide bonds. The Labute approximate surface area is 89.2 Å². The second-order valence-corrected chi connectivity index (χ2v) is 2.72. The number of benzene rings is 1. The van der Waals surface area contributed by atoms with E-state index in [2.05, 4.69) is 9.99 Å². The van der Waals surface area contributed by atoms with Crippen LogP contribution in [0.3, 0.4) is 0 Å². The molecule has 1 rings (SSSR count). The van der Waals surface area contributed by atoms with Gasteiger partial charge in [0.05, 0.1) is 11.1 Å². The first kappa shape index (κ1) is 11.1. The van der Waals surface area contributed by atoms with Crippen LogP contribution >= 0.6 is 11.6 Å². The number of nitro benzene ring substituents is 1. The van der Waals surface area contributed by atoms with Gasteiger partial charge in [0.15, 0.2) is 0 Å². The average molecular weight is 229 g/mol. The van der Waals surface area contributed by atoms with Crippen molar-refractivity contribution in [1.82, 2.24) is 0 Å². The van der Waals surface area contributed by atoms with E-state index < -0.39 is 10.4 Å². The summed E-state index contributed by atoms with van der Waals surface area (Å²) < 4.78 is 0. The number of non-ortho nitro benzene ring substituents is 1. The van der Waals surface area contributed by atoms with Crippen molar-refractivity contribution in [2.75, 3.05) is 0 Å². The van der Waals surface area contributed by atoms with Gasteiger partial charge in [0.1, 0.15) is 0 Å². The van der Waals surface area contributed by atoms with Crippen molar-refractivity contribution in [3.63, 3.8) is 0 Å². The lowest BCUT2D eigenvalue weighted by Crippen LogP contribution is -1.89. The number of nitro groups is 1. The van der Waals surface area contributed by atoms with Crippen molar-refractivity contribution in [3.05, 3.63) is 39.9 Å². The molecule has 0 N–H and O–H groups in total. The maximum absolute atomic E-state index is 10.3. The van der Waals surface area contributed by atoms with E-state index in [4.69, 9.17) is 11.6 Å². The number of hydrogen-bond acceptors (Lipinski definition) is 5. The minimum atomic E-state index is -1.05. The number of halogens is 1. The third kappa shape index (κ3) is 3.74. The minimum absolute atomic E-state index is 0.0264. The molecule has 0 saturated carbocycles. The molecule has 0 unspecified atom stereocenters. The predicted molar refractivity (Wildman–Crippen MR) is 53.0 cm³/mol. The SMILES string of the molecule is O=C(Cl)O/N=C/c1ccc([N+](=O)[O-])cc1. The Morgan fingerprint density at radius 2 is 2.07 bits per heavy atom. The summed E-state index contributed by atoms with van der Waals surface area (Å²) in [5.74, 6) is 0. The number of oxime groups is 1. The molecule has 0 fully saturated rings. The van der Waals surface area contributed by atoms with E-state index in [-0.39, 0.29) is 5.69 Å². The van der Waals surface area contributed by atoms with E-state index in [0.29, 0.717) is 5.56 Å². The van der Waals surface area contributed by atoms with Gasteiger partial charge in [-0.15, -0.1) is 0 Å². The zero-order valence-electron chi connectivity index (χ0n) is 7.29. The molecule has 78 valence electrons. The second kappa shape index (κ2) is 5.06. The molecule has 15 heavy (non-hydrogen) atoms. The fourth-order valence-electron chi connectivity index (χ4n) is 0.811. The summed E-state index contributed by atoms with van der Waals surface area (Å²) in [5, 5.41) is 13.5. The Morgan fingerprint density at radius 1 is 1.47 bits per heavy atom. The van der Waals surface area contributed by atoms with E-state index in [0.717, 1.165) is 0 Å². The van der Waals surface area contributed by atoms with Gasteiger partial charge in [-0.1, -0.05) is 5.16 Å². The monoisotopic (exact) mass is 228 g/mol. The summed E-state index contributed by atoms with van der Waals surface area (Å²) in [4.78, 5) is 24.0. The maximum atomic E-state index is 10.3. The van der Waals surface area contributed by atoms with Crippen LogP contribution in [-0.4, -0.2) is 16.6 Å². The number of rotatable bonds is 3. The summed E-state index contributed by atoms with van der Waals surface area (Å²) in [5.41, 5.74) is -0.520. The largest absolute Gasteiger partial charge is 0.429 e. The minimum Gasteiger partial charge on any atom is -0.302 e. The Bertz CT molecular complexity index is 402. The van der Waals surface area contributed by atoms with Gasteiger partial charge in [-0.05, 0) is 17.7 Å². The van der Waals surface area contributed by atoms with Crippen molar-refractivity contribution >= 4 is 28.9 Å². The van der Waals surface area contributed by atoms with Gasteiger partial charge in [-0.3, -0.25) is 10.1 Å². The fourth-order valence-corrected chi connectivity index (χ4v) is 0.851. The van der Waals surface area contributed by atoms with Crippen LogP contribution in [0.1, 0.15) is 5.56 Å². The van der Waals surface area contributed by atoms with Crippen molar-refractivity contribution in [2.24, 2.45) is 5.16 Å². The summed E-state index contributed by atoms with van der Waals surface area (Å²) in [6.45, 7) is 0. The van der Waals surface area contributed by atoms with Gasteiger partial charge in [0.25, 0.3) is 5.69 Å². The summed E-state index contributed by atoms with van der Waals surface area (Å²) in [6.07, 6.45) is 1.21. The lowest BCUT2D eigenvalue weighted by molar-refractivity contribution is -0.384. The molecule has 6 nitrogen and oxygen atoms in total. The number of carbonyl (C=O) groups is 1. The molecule has 7 heteroatoms. The first-order valence-electron chi connectivity index (χ1n) is 3.74. The first-order valence-corrected chi connectivity index (χ1v) is 4.11. The summed E-state index contributed by atoms with van der Waals surface area (Å²) >= 11 is 4.85. The molecule has 0 aromatic heterocycles. The van der Waals surface area contributed by atoms with Crippen LogP contribution in [-0.2, 0) is 4.84 Å². The smallest absolute Gasteiger partial charge is 0.302 e. The fraction of sp³-hybridized carbons (Fsp3) is 0. The number of carbonyl (C=O) groups excluding carboxylic acids is 1. The number of hydrogen-bond donors (Lipinski definition) is 0. The topological polar surface area (TPSA) is 81.8 Å². The molecule has 0 spiro atoms. The standard InChI is InChI=1S/C8H5ClN2O4/c9-8(12)15-10-5-6-1-3-7(4-2-6)11(13)14/h1-5H/b10-5+. The Hall–Kier alpha value is -1.95. The zero-order chi connectivity index (χ0) is 11.3. The van der Waals surface area contributed by atoms with Gasteiger partial charge in [-0.2, -0.15) is 0 Å². The molecule has 0 aliphatic carbocycles. The van der Waals surface area contributed by atoms with E-state index >= 15 is 0 Å². The van der Waals surface area contributed by atoms with Crippen molar-refractivity contribution in [3.8, 4) is 0 Å². The Balaban J connectivity index is 2.68. The highest BCUT2D eigenvalue weighted by molar-refractivity contribution is 6.61. The summed E-state index contributed by atoms with van der Waals surface area (Å²) in [6, 6.07) is 5.54. The second-order valence-electron chi connectivity index (χ2n) is 2.41. The Morgan fingerprint density at radius 3 is 2.53 bits per heavy atom. The zero-order valence-corrected chi connectivity index (χ0v) is 8.05. The van der Waals surface area contributed by atoms with Crippen LogP contribution in [0.2, 0.25) is 0 Å². The molecule has 0 aliphatic heterocycles. The van der Waals surface area contributed by atoms with Gasteiger partial charge < -0.3 is 4.84 Å². The van der Waals surface area contributed by atoms with Crippen LogP contribution in [0.4, 0.5) is 10.5 Å². The molecule has 0 bridgehead atoms. The van der Waals surface area contributed by atoms with Gasteiger partial charge >= 0.3 is 5.43 Å². The third-order valence-electron chi connectivity index (χ3n) is 1.43. The van der Waals surface area contributed by atoms with Crippen LogP contribution in [0.5, 0.6) is 0 Å². The third-order valence-corrected chi connectivity index (χ3v) is 1.50. The highest BCUT2D eigenvalue weighted by atomic mass is 35.5. The van der Waals surface area contributed by atoms with E-state index in [1.807, 2.05) is 0 Å². The molecule has 0 saturated heterocycles. The van der Waals surface area contributed by atoms with Crippen LogP contribution in [0.25, 0.3) is 0 Å². The molecule has 0 atom stereocenters. The normalized spacial score (nSPS) is 10.2. The summed E-state index contributed by atoms with van der Waals surface area (Å²) in [7, 11) is 0. The molecule has 0 aliphatic rings. The molecular weight excluding hydrogens is 224 g/mol.